The van der Waals surface area contributed by atoms with Gasteiger partial charge in [-0.15, -0.1) is 11.6 Å². The molecule has 0 heterocycles. The predicted molar refractivity (Wildman–Crippen MR) is 51.5 cm³/mol. The quantitative estimate of drug-likeness (QED) is 0.316. The first-order valence-corrected chi connectivity index (χ1v) is 4.29. The van der Waals surface area contributed by atoms with Crippen molar-refractivity contribution < 1.29 is 9.53 Å². The van der Waals surface area contributed by atoms with Crippen molar-refractivity contribution in [3.63, 3.8) is 0 Å². The van der Waals surface area contributed by atoms with Crippen LogP contribution in [0.15, 0.2) is 12.2 Å². The first-order valence-electron chi connectivity index (χ1n) is 3.53. The summed E-state index contributed by atoms with van der Waals surface area (Å²) in [5.41, 5.74) is 0.441. The van der Waals surface area contributed by atoms with E-state index in [1.54, 1.807) is 14.0 Å². The number of nitrogens with one attached hydrogen (secondary N) is 1. The van der Waals surface area contributed by atoms with Gasteiger partial charge in [-0.2, -0.15) is 0 Å². The fourth-order valence-corrected chi connectivity index (χ4v) is 0.369. The topological polar surface area (TPSA) is 38.3 Å². The highest BCUT2D eigenvalue weighted by atomic mass is 35.5. The number of hydrogen-bond donors (Lipinski definition) is 1. The second kappa shape index (κ2) is 10.5. The van der Waals surface area contributed by atoms with E-state index in [2.05, 4.69) is 23.5 Å². The van der Waals surface area contributed by atoms with Crippen molar-refractivity contribution >= 4 is 17.6 Å². The van der Waals surface area contributed by atoms with Gasteiger partial charge in [-0.3, -0.25) is 0 Å². The Labute approximate surface area is 78.7 Å². The highest BCUT2D eigenvalue weighted by Gasteiger charge is 2.00. The van der Waals surface area contributed by atoms with Crippen molar-refractivity contribution in [3.8, 4) is 0 Å². The lowest BCUT2D eigenvalue weighted by Crippen LogP contribution is -2.17. The molecule has 0 aliphatic carbocycles. The molecule has 12 heavy (non-hydrogen) atoms. The predicted octanol–water partition coefficient (Wildman–Crippen LogP) is 1.18. The van der Waals surface area contributed by atoms with Gasteiger partial charge in [0.1, 0.15) is 6.61 Å². The molecule has 0 bridgehead atoms. The third-order valence-electron chi connectivity index (χ3n) is 0.934. The minimum absolute atomic E-state index is 0.324. The molecule has 0 saturated heterocycles. The van der Waals surface area contributed by atoms with Crippen LogP contribution >= 0.6 is 11.6 Å². The molecule has 0 aromatic carbocycles. The molecular weight excluding hydrogens is 178 g/mol. The van der Waals surface area contributed by atoms with E-state index in [9.17, 15) is 4.79 Å². The van der Waals surface area contributed by atoms with E-state index < -0.39 is 0 Å². The van der Waals surface area contributed by atoms with Crippen LogP contribution < -0.4 is 5.32 Å². The van der Waals surface area contributed by atoms with E-state index in [4.69, 9.17) is 4.74 Å². The van der Waals surface area contributed by atoms with Gasteiger partial charge in [0.25, 0.3) is 0 Å². The Morgan fingerprint density at radius 2 is 2.08 bits per heavy atom. The zero-order chi connectivity index (χ0) is 9.98. The lowest BCUT2D eigenvalue weighted by Gasteiger charge is -2.01. The monoisotopic (exact) mass is 193 g/mol. The van der Waals surface area contributed by atoms with Gasteiger partial charge >= 0.3 is 5.97 Å². The summed E-state index contributed by atoms with van der Waals surface area (Å²) in [6.07, 6.45) is 1.47. The maximum Gasteiger partial charge on any atom is 0.333 e. The molecule has 0 fully saturated rings. The smallest absolute Gasteiger partial charge is 0.333 e. The van der Waals surface area contributed by atoms with Crippen LogP contribution in [0.5, 0.6) is 0 Å². The van der Waals surface area contributed by atoms with Crippen LogP contribution in [-0.4, -0.2) is 32.6 Å². The molecule has 0 unspecified atom stereocenters. The van der Waals surface area contributed by atoms with Gasteiger partial charge in [-0.05, 0) is 14.0 Å². The highest BCUT2D eigenvalue weighted by Crippen LogP contribution is 1.89. The van der Waals surface area contributed by atoms with Gasteiger partial charge in [0.2, 0.25) is 0 Å². The van der Waals surface area contributed by atoms with E-state index in [0.29, 0.717) is 18.7 Å². The van der Waals surface area contributed by atoms with E-state index in [1.165, 1.54) is 6.38 Å². The minimum atomic E-state index is -0.324. The second-order valence-electron chi connectivity index (χ2n) is 2.02. The van der Waals surface area contributed by atoms with Crippen LogP contribution in [0.25, 0.3) is 0 Å². The summed E-state index contributed by atoms with van der Waals surface area (Å²) in [5, 5.41) is 2.86. The van der Waals surface area contributed by atoms with E-state index in [0.717, 1.165) is 0 Å². The molecule has 0 atom stereocenters. The Morgan fingerprint density at radius 1 is 1.58 bits per heavy atom. The summed E-state index contributed by atoms with van der Waals surface area (Å²) in [5.74, 6) is -0.324. The number of alkyl halides is 1. The number of ether oxygens (including phenoxy) is 1. The van der Waals surface area contributed by atoms with Crippen LogP contribution in [0, 0.1) is 0 Å². The molecule has 72 valence electrons. The number of esters is 1. The zero-order valence-electron chi connectivity index (χ0n) is 7.82. The van der Waals surface area contributed by atoms with Gasteiger partial charge in [0, 0.05) is 18.5 Å². The Kier molecular flexibility index (Phi) is 12.2. The zero-order valence-corrected chi connectivity index (χ0v) is 8.57. The van der Waals surface area contributed by atoms with E-state index in [1.807, 2.05) is 0 Å². The molecule has 0 aromatic rings. The Balaban J connectivity index is 0. The maximum atomic E-state index is 10.7. The number of hydrogen-bond acceptors (Lipinski definition) is 3. The second-order valence-corrected chi connectivity index (χ2v) is 2.02. The van der Waals surface area contributed by atoms with Crippen molar-refractivity contribution in [2.75, 3.05) is 26.6 Å². The number of likely N-dealkylation sites (N-methyl/N-ethyl adjacent to an activating group) is 1. The van der Waals surface area contributed by atoms with Gasteiger partial charge in [-0.1, -0.05) is 6.58 Å². The lowest BCUT2D eigenvalue weighted by molar-refractivity contribution is -0.138. The molecule has 0 aromatic heterocycles. The molecule has 0 aliphatic heterocycles. The third-order valence-corrected chi connectivity index (χ3v) is 0.934. The minimum Gasteiger partial charge on any atom is -0.461 e. The summed E-state index contributed by atoms with van der Waals surface area (Å²) in [6.45, 7) is 6.15. The van der Waals surface area contributed by atoms with Gasteiger partial charge in [0.05, 0.1) is 0 Å². The lowest BCUT2D eigenvalue weighted by atomic mass is 10.4. The molecule has 0 saturated carbocycles. The first-order chi connectivity index (χ1) is 5.68. The molecule has 1 N–H and O–H groups in total. The Morgan fingerprint density at radius 3 is 2.42 bits per heavy atom. The average molecular weight is 194 g/mol. The van der Waals surface area contributed by atoms with Crippen LogP contribution in [0.3, 0.4) is 0 Å². The number of halogens is 1. The summed E-state index contributed by atoms with van der Waals surface area (Å²) in [7, 11) is 1.80. The summed E-state index contributed by atoms with van der Waals surface area (Å²) in [6, 6.07) is 0. The number of carbonyl (C=O) groups is 1. The Bertz CT molecular complexity index is 137. The third kappa shape index (κ3) is 9.46. The summed E-state index contributed by atoms with van der Waals surface area (Å²) in [4.78, 5) is 10.7. The Hall–Kier alpha value is -0.540. The van der Waals surface area contributed by atoms with Crippen molar-refractivity contribution in [1.29, 1.82) is 0 Å². The molecule has 0 aliphatic rings. The highest BCUT2D eigenvalue weighted by molar-refractivity contribution is 6.15. The van der Waals surface area contributed by atoms with Crippen molar-refractivity contribution in [2.45, 2.75) is 6.92 Å². The normalized spacial score (nSPS) is 8.00. The molecule has 3 nitrogen and oxygen atoms in total. The van der Waals surface area contributed by atoms with Crippen LogP contribution in [0.2, 0.25) is 0 Å². The molecular formula is C8H16ClNO2. The molecule has 4 heteroatoms. The van der Waals surface area contributed by atoms with Crippen LogP contribution in [0.1, 0.15) is 6.92 Å². The fourth-order valence-electron chi connectivity index (χ4n) is 0.369. The van der Waals surface area contributed by atoms with Crippen LogP contribution in [0.4, 0.5) is 0 Å². The average Bonchev–Trinajstić information content (AvgIpc) is 2.08. The van der Waals surface area contributed by atoms with Gasteiger partial charge < -0.3 is 10.1 Å². The van der Waals surface area contributed by atoms with Gasteiger partial charge in [0.15, 0.2) is 0 Å². The molecule has 0 radical (unpaired) electrons. The van der Waals surface area contributed by atoms with Gasteiger partial charge in [-0.25, -0.2) is 4.79 Å². The summed E-state index contributed by atoms with van der Waals surface area (Å²) >= 11 is 4.64. The number of rotatable bonds is 4. The standard InChI is InChI=1S/C7H13NO2.CH3Cl/c1-6(2)7(9)10-5-4-8-3;1-2/h8H,1,4-5H2,2-3H3;1H3. The first kappa shape index (κ1) is 14.0. The molecule has 0 amide bonds. The van der Waals surface area contributed by atoms with Crippen LogP contribution in [-0.2, 0) is 9.53 Å². The molecule has 0 spiro atoms. The largest absolute Gasteiger partial charge is 0.461 e. The van der Waals surface area contributed by atoms with Crippen molar-refractivity contribution in [1.82, 2.24) is 5.32 Å². The summed E-state index contributed by atoms with van der Waals surface area (Å²) < 4.78 is 4.74. The fraction of sp³-hybridized carbons (Fsp3) is 0.625. The maximum absolute atomic E-state index is 10.7. The SMILES string of the molecule is C=C(C)C(=O)OCCNC.CCl. The van der Waals surface area contributed by atoms with Crippen molar-refractivity contribution in [3.05, 3.63) is 12.2 Å². The molecule has 0 rings (SSSR count). The van der Waals surface area contributed by atoms with E-state index >= 15 is 0 Å². The van der Waals surface area contributed by atoms with Crippen molar-refractivity contribution in [2.24, 2.45) is 0 Å². The number of carbonyl (C=O) groups excluding carboxylic acids is 1. The van der Waals surface area contributed by atoms with E-state index in [-0.39, 0.29) is 5.97 Å².